The molecule has 1 aliphatic rings. The third-order valence-electron chi connectivity index (χ3n) is 4.43. The molecule has 7 nitrogen and oxygen atoms in total. The minimum atomic E-state index is -0.737. The second-order valence-electron chi connectivity index (χ2n) is 5.84. The van der Waals surface area contributed by atoms with Gasteiger partial charge in [-0.05, 0) is 23.8 Å². The second kappa shape index (κ2) is 6.95. The van der Waals surface area contributed by atoms with E-state index in [9.17, 15) is 9.59 Å². The molecule has 2 amide bonds. The number of methoxy groups -OCH3 is 3. The highest BCUT2D eigenvalue weighted by molar-refractivity contribution is 6.12. The van der Waals surface area contributed by atoms with Crippen LogP contribution in [0.2, 0.25) is 0 Å². The topological polar surface area (TPSA) is 91.1 Å². The number of nitrogens with two attached hydrogens (primary N) is 1. The minimum absolute atomic E-state index is 0.308. The summed E-state index contributed by atoms with van der Waals surface area (Å²) in [6.45, 7) is 0. The van der Waals surface area contributed by atoms with Crippen molar-refractivity contribution >= 4 is 17.5 Å². The van der Waals surface area contributed by atoms with E-state index in [0.717, 1.165) is 5.56 Å². The van der Waals surface area contributed by atoms with Crippen molar-refractivity contribution in [1.29, 1.82) is 0 Å². The number of hydrogen-bond acceptors (Lipinski definition) is 5. The van der Waals surface area contributed by atoms with Crippen LogP contribution in [-0.2, 0) is 11.2 Å². The lowest BCUT2D eigenvalue weighted by Gasteiger charge is -2.24. The molecular formula is C19H20N2O5. The van der Waals surface area contributed by atoms with E-state index >= 15 is 0 Å². The van der Waals surface area contributed by atoms with Crippen molar-refractivity contribution in [2.75, 3.05) is 26.2 Å². The number of fused-ring (bicyclic) bond motifs is 1. The molecule has 26 heavy (non-hydrogen) atoms. The number of carbonyl (C=O) groups excluding carboxylic acids is 2. The third-order valence-corrected chi connectivity index (χ3v) is 4.43. The van der Waals surface area contributed by atoms with Gasteiger partial charge in [0.1, 0.15) is 6.04 Å². The predicted octanol–water partition coefficient (Wildman–Crippen LogP) is 1.77. The van der Waals surface area contributed by atoms with Crippen molar-refractivity contribution in [3.05, 3.63) is 47.5 Å². The summed E-state index contributed by atoms with van der Waals surface area (Å²) in [4.78, 5) is 26.6. The van der Waals surface area contributed by atoms with Gasteiger partial charge >= 0.3 is 0 Å². The first-order valence-electron chi connectivity index (χ1n) is 8.02. The molecule has 0 spiro atoms. The smallest absolute Gasteiger partial charge is 0.259 e. The zero-order chi connectivity index (χ0) is 18.8. The van der Waals surface area contributed by atoms with Crippen molar-refractivity contribution in [1.82, 2.24) is 0 Å². The van der Waals surface area contributed by atoms with Crippen LogP contribution in [0.15, 0.2) is 36.4 Å². The van der Waals surface area contributed by atoms with Crippen molar-refractivity contribution in [3.8, 4) is 17.2 Å². The Labute approximate surface area is 151 Å². The van der Waals surface area contributed by atoms with E-state index < -0.39 is 11.9 Å². The summed E-state index contributed by atoms with van der Waals surface area (Å²) in [5.74, 6) is 0.191. The number of amides is 2. The summed E-state index contributed by atoms with van der Waals surface area (Å²) < 4.78 is 15.9. The molecular weight excluding hydrogens is 336 g/mol. The second-order valence-corrected chi connectivity index (χ2v) is 5.84. The van der Waals surface area contributed by atoms with Gasteiger partial charge in [-0.1, -0.05) is 18.2 Å². The molecule has 0 unspecified atom stereocenters. The Morgan fingerprint density at radius 3 is 2.19 bits per heavy atom. The van der Waals surface area contributed by atoms with Gasteiger partial charge in [0, 0.05) is 17.7 Å². The van der Waals surface area contributed by atoms with Crippen LogP contribution < -0.4 is 24.8 Å². The molecule has 0 radical (unpaired) electrons. The van der Waals surface area contributed by atoms with Crippen molar-refractivity contribution in [2.45, 2.75) is 12.5 Å². The molecule has 2 aromatic rings. The highest BCUT2D eigenvalue weighted by atomic mass is 16.5. The highest BCUT2D eigenvalue weighted by Gasteiger charge is 2.38. The number of benzene rings is 2. The number of ether oxygens (including phenoxy) is 3. The molecule has 0 fully saturated rings. The summed E-state index contributed by atoms with van der Waals surface area (Å²) in [6, 6.07) is 9.74. The van der Waals surface area contributed by atoms with Gasteiger partial charge in [0.25, 0.3) is 5.91 Å². The molecule has 0 aliphatic carbocycles. The first kappa shape index (κ1) is 17.6. The van der Waals surface area contributed by atoms with Gasteiger partial charge in [-0.2, -0.15) is 0 Å². The Hall–Kier alpha value is -3.22. The molecule has 1 aliphatic heterocycles. The van der Waals surface area contributed by atoms with Gasteiger partial charge in [0.15, 0.2) is 11.5 Å². The lowest BCUT2D eigenvalue weighted by atomic mass is 10.1. The number of para-hydroxylation sites is 1. The number of anilines is 1. The number of nitrogens with zero attached hydrogens (tertiary/aromatic N) is 1. The van der Waals surface area contributed by atoms with Gasteiger partial charge < -0.3 is 19.9 Å². The van der Waals surface area contributed by atoms with Gasteiger partial charge in [-0.25, -0.2) is 0 Å². The normalized spacial score (nSPS) is 15.3. The summed E-state index contributed by atoms with van der Waals surface area (Å²) in [5.41, 5.74) is 7.42. The molecule has 2 aromatic carbocycles. The molecule has 0 bridgehead atoms. The largest absolute Gasteiger partial charge is 0.493 e. The first-order chi connectivity index (χ1) is 12.5. The van der Waals surface area contributed by atoms with Crippen molar-refractivity contribution < 1.29 is 23.8 Å². The molecule has 0 saturated carbocycles. The summed E-state index contributed by atoms with van der Waals surface area (Å²) >= 11 is 0. The highest BCUT2D eigenvalue weighted by Crippen LogP contribution is 2.40. The van der Waals surface area contributed by atoms with Crippen LogP contribution in [0.4, 0.5) is 5.69 Å². The lowest BCUT2D eigenvalue weighted by molar-refractivity contribution is -0.119. The van der Waals surface area contributed by atoms with E-state index in [2.05, 4.69) is 0 Å². The lowest BCUT2D eigenvalue weighted by Crippen LogP contribution is -2.46. The molecule has 3 rings (SSSR count). The van der Waals surface area contributed by atoms with Crippen LogP contribution in [0, 0.1) is 0 Å². The average Bonchev–Trinajstić information content (AvgIpc) is 3.06. The van der Waals surface area contributed by atoms with Crippen LogP contribution >= 0.6 is 0 Å². The molecule has 7 heteroatoms. The van der Waals surface area contributed by atoms with Crippen LogP contribution in [0.1, 0.15) is 15.9 Å². The maximum absolute atomic E-state index is 13.2. The summed E-state index contributed by atoms with van der Waals surface area (Å²) in [6.07, 6.45) is 0.391. The quantitative estimate of drug-likeness (QED) is 0.882. The fourth-order valence-corrected chi connectivity index (χ4v) is 3.21. The zero-order valence-corrected chi connectivity index (χ0v) is 14.8. The van der Waals surface area contributed by atoms with Gasteiger partial charge in [0.2, 0.25) is 11.7 Å². The monoisotopic (exact) mass is 356 g/mol. The first-order valence-corrected chi connectivity index (χ1v) is 8.02. The van der Waals surface area contributed by atoms with Gasteiger partial charge in [-0.15, -0.1) is 0 Å². The Kier molecular flexibility index (Phi) is 4.71. The summed E-state index contributed by atoms with van der Waals surface area (Å²) in [5, 5.41) is 0. The van der Waals surface area contributed by atoms with Crippen LogP contribution in [-0.4, -0.2) is 39.2 Å². The molecule has 2 N–H and O–H groups in total. The van der Waals surface area contributed by atoms with E-state index in [1.54, 1.807) is 18.2 Å². The predicted molar refractivity (Wildman–Crippen MR) is 96.0 cm³/mol. The number of rotatable bonds is 5. The number of primary amides is 1. The zero-order valence-electron chi connectivity index (χ0n) is 14.8. The Balaban J connectivity index is 2.09. The van der Waals surface area contributed by atoms with E-state index in [-0.39, 0.29) is 5.91 Å². The minimum Gasteiger partial charge on any atom is -0.493 e. The molecule has 1 atom stereocenters. The Morgan fingerprint density at radius 1 is 1.04 bits per heavy atom. The van der Waals surface area contributed by atoms with E-state index in [4.69, 9.17) is 19.9 Å². The van der Waals surface area contributed by atoms with Crippen LogP contribution in [0.5, 0.6) is 17.2 Å². The molecule has 0 saturated heterocycles. The van der Waals surface area contributed by atoms with Crippen LogP contribution in [0.3, 0.4) is 0 Å². The number of carbonyl (C=O) groups is 2. The Morgan fingerprint density at radius 2 is 1.65 bits per heavy atom. The van der Waals surface area contributed by atoms with E-state index in [0.29, 0.717) is 34.9 Å². The van der Waals surface area contributed by atoms with Crippen molar-refractivity contribution in [2.24, 2.45) is 5.73 Å². The molecule has 136 valence electrons. The third kappa shape index (κ3) is 2.81. The van der Waals surface area contributed by atoms with Gasteiger partial charge in [0.05, 0.1) is 21.3 Å². The molecule has 1 heterocycles. The summed E-state index contributed by atoms with van der Waals surface area (Å²) in [7, 11) is 4.44. The number of hydrogen-bond donors (Lipinski definition) is 1. The standard InChI is InChI=1S/C19H20N2O5/c1-24-15-9-12(10-16(25-2)17(15)26-3)19(23)21-13-7-5-4-6-11(13)8-14(21)18(20)22/h4-7,9-10,14H,8H2,1-3H3,(H2,20,22)/t14-/m1/s1. The SMILES string of the molecule is COc1cc(C(=O)N2c3ccccc3C[C@@H]2C(N)=O)cc(OC)c1OC. The van der Waals surface area contributed by atoms with E-state index in [1.807, 2.05) is 18.2 Å². The van der Waals surface area contributed by atoms with E-state index in [1.165, 1.54) is 26.2 Å². The van der Waals surface area contributed by atoms with Crippen molar-refractivity contribution in [3.63, 3.8) is 0 Å². The maximum Gasteiger partial charge on any atom is 0.259 e. The van der Waals surface area contributed by atoms with Gasteiger partial charge in [-0.3, -0.25) is 14.5 Å². The molecule has 0 aromatic heterocycles. The average molecular weight is 356 g/mol. The fourth-order valence-electron chi connectivity index (χ4n) is 3.21. The Bertz CT molecular complexity index is 840. The van der Waals surface area contributed by atoms with Crippen LogP contribution in [0.25, 0.3) is 0 Å². The maximum atomic E-state index is 13.2. The fraction of sp³-hybridized carbons (Fsp3) is 0.263.